The maximum absolute atomic E-state index is 6.19. The molecule has 0 bridgehead atoms. The van der Waals surface area contributed by atoms with Gasteiger partial charge in [-0.3, -0.25) is 4.98 Å². The topological polar surface area (TPSA) is 38.9 Å². The van der Waals surface area contributed by atoms with E-state index in [1.54, 1.807) is 11.3 Å². The number of hydrogen-bond donors (Lipinski definition) is 1. The minimum atomic E-state index is 0.0404. The molecule has 2 N–H and O–H groups in total. The van der Waals surface area contributed by atoms with Gasteiger partial charge in [0.1, 0.15) is 0 Å². The first-order valence-electron chi connectivity index (χ1n) is 5.94. The maximum atomic E-state index is 6.19. The van der Waals surface area contributed by atoms with Crippen molar-refractivity contribution in [1.82, 2.24) is 4.98 Å². The van der Waals surface area contributed by atoms with Crippen LogP contribution in [0.5, 0.6) is 0 Å². The fourth-order valence-electron chi connectivity index (χ4n) is 2.13. The third-order valence-electron chi connectivity index (χ3n) is 3.09. The quantitative estimate of drug-likeness (QED) is 0.776. The van der Waals surface area contributed by atoms with Crippen molar-refractivity contribution < 1.29 is 0 Å². The van der Waals surface area contributed by atoms with Crippen molar-refractivity contribution in [2.75, 3.05) is 0 Å². The van der Waals surface area contributed by atoms with E-state index in [1.165, 1.54) is 16.3 Å². The Morgan fingerprint density at radius 2 is 1.94 bits per heavy atom. The Balaban J connectivity index is 1.86. The minimum Gasteiger partial charge on any atom is -0.323 e. The van der Waals surface area contributed by atoms with Crippen LogP contribution in [0.15, 0.2) is 54.2 Å². The standard InChI is InChI=1S/C15H14N2S/c16-14(15-9-17-10-18-15)8-11-5-6-12-3-1-2-4-13(12)7-11/h1-7,9-10,14H,8,16H2. The van der Waals surface area contributed by atoms with Crippen LogP contribution in [0.3, 0.4) is 0 Å². The summed E-state index contributed by atoms with van der Waals surface area (Å²) in [5.41, 5.74) is 9.29. The number of nitrogens with zero attached hydrogens (tertiary/aromatic N) is 1. The molecular formula is C15H14N2S. The fourth-order valence-corrected chi connectivity index (χ4v) is 2.75. The highest BCUT2D eigenvalue weighted by molar-refractivity contribution is 7.09. The van der Waals surface area contributed by atoms with Gasteiger partial charge in [-0.05, 0) is 22.8 Å². The Kier molecular flexibility index (Phi) is 3.09. The fraction of sp³-hybridized carbons (Fsp3) is 0.133. The molecular weight excluding hydrogens is 240 g/mol. The van der Waals surface area contributed by atoms with Gasteiger partial charge in [0, 0.05) is 17.1 Å². The number of aromatic nitrogens is 1. The van der Waals surface area contributed by atoms with Crippen LogP contribution < -0.4 is 5.73 Å². The average molecular weight is 254 g/mol. The molecule has 0 fully saturated rings. The minimum absolute atomic E-state index is 0.0404. The van der Waals surface area contributed by atoms with E-state index in [0.717, 1.165) is 11.3 Å². The average Bonchev–Trinajstić information content (AvgIpc) is 2.92. The molecule has 2 nitrogen and oxygen atoms in total. The summed E-state index contributed by atoms with van der Waals surface area (Å²) >= 11 is 1.62. The lowest BCUT2D eigenvalue weighted by Gasteiger charge is -2.09. The summed E-state index contributed by atoms with van der Waals surface area (Å²) in [5, 5.41) is 2.54. The first-order chi connectivity index (χ1) is 8.83. The molecule has 0 saturated carbocycles. The SMILES string of the molecule is NC(Cc1ccc2ccccc2c1)c1cncs1. The zero-order chi connectivity index (χ0) is 12.4. The molecule has 0 spiro atoms. The van der Waals surface area contributed by atoms with E-state index in [9.17, 15) is 0 Å². The Labute approximate surface area is 110 Å². The molecule has 1 unspecified atom stereocenters. The summed E-state index contributed by atoms with van der Waals surface area (Å²) < 4.78 is 0. The smallest absolute Gasteiger partial charge is 0.0794 e. The van der Waals surface area contributed by atoms with Crippen molar-refractivity contribution in [3.8, 4) is 0 Å². The van der Waals surface area contributed by atoms with Gasteiger partial charge in [-0.1, -0.05) is 42.5 Å². The number of benzene rings is 2. The molecule has 1 heterocycles. The Morgan fingerprint density at radius 3 is 2.72 bits per heavy atom. The largest absolute Gasteiger partial charge is 0.323 e. The van der Waals surface area contributed by atoms with Crippen molar-refractivity contribution >= 4 is 22.1 Å². The summed E-state index contributed by atoms with van der Waals surface area (Å²) in [6, 6.07) is 15.0. The highest BCUT2D eigenvalue weighted by atomic mass is 32.1. The van der Waals surface area contributed by atoms with Crippen molar-refractivity contribution in [1.29, 1.82) is 0 Å². The van der Waals surface area contributed by atoms with Gasteiger partial charge in [-0.25, -0.2) is 0 Å². The monoisotopic (exact) mass is 254 g/mol. The highest BCUT2D eigenvalue weighted by Crippen LogP contribution is 2.22. The van der Waals surface area contributed by atoms with Gasteiger partial charge in [-0.15, -0.1) is 11.3 Å². The maximum Gasteiger partial charge on any atom is 0.0794 e. The van der Waals surface area contributed by atoms with Crippen LogP contribution in [0.4, 0.5) is 0 Å². The van der Waals surface area contributed by atoms with E-state index in [-0.39, 0.29) is 6.04 Å². The molecule has 0 aliphatic carbocycles. The van der Waals surface area contributed by atoms with E-state index < -0.39 is 0 Å². The predicted molar refractivity (Wildman–Crippen MR) is 76.7 cm³/mol. The lowest BCUT2D eigenvalue weighted by Crippen LogP contribution is -2.11. The van der Waals surface area contributed by atoms with Crippen molar-refractivity contribution in [3.63, 3.8) is 0 Å². The second kappa shape index (κ2) is 4.88. The van der Waals surface area contributed by atoms with Gasteiger partial charge in [-0.2, -0.15) is 0 Å². The molecule has 0 amide bonds. The molecule has 3 rings (SSSR count). The van der Waals surface area contributed by atoms with Crippen molar-refractivity contribution in [2.45, 2.75) is 12.5 Å². The summed E-state index contributed by atoms with van der Waals surface area (Å²) in [7, 11) is 0. The van der Waals surface area contributed by atoms with E-state index in [1.807, 2.05) is 11.7 Å². The van der Waals surface area contributed by atoms with Gasteiger partial charge in [0.25, 0.3) is 0 Å². The molecule has 18 heavy (non-hydrogen) atoms. The molecule has 0 aliphatic heterocycles. The Hall–Kier alpha value is -1.71. The molecule has 90 valence electrons. The van der Waals surface area contributed by atoms with Crippen LogP contribution in [0.1, 0.15) is 16.5 Å². The lowest BCUT2D eigenvalue weighted by atomic mass is 10.0. The van der Waals surface area contributed by atoms with Crippen molar-refractivity contribution in [2.24, 2.45) is 5.73 Å². The van der Waals surface area contributed by atoms with Crippen LogP contribution in [-0.2, 0) is 6.42 Å². The lowest BCUT2D eigenvalue weighted by molar-refractivity contribution is 0.735. The van der Waals surface area contributed by atoms with E-state index in [0.29, 0.717) is 0 Å². The van der Waals surface area contributed by atoms with E-state index in [2.05, 4.69) is 47.4 Å². The Bertz CT molecular complexity index is 646. The van der Waals surface area contributed by atoms with Crippen LogP contribution in [0.25, 0.3) is 10.8 Å². The molecule has 2 aromatic carbocycles. The first kappa shape index (κ1) is 11.4. The van der Waals surface area contributed by atoms with Gasteiger partial charge < -0.3 is 5.73 Å². The zero-order valence-corrected chi connectivity index (χ0v) is 10.7. The number of fused-ring (bicyclic) bond motifs is 1. The summed E-state index contributed by atoms with van der Waals surface area (Å²) in [5.74, 6) is 0. The third-order valence-corrected chi connectivity index (χ3v) is 3.99. The number of nitrogens with two attached hydrogens (primary N) is 1. The molecule has 3 heteroatoms. The van der Waals surface area contributed by atoms with E-state index >= 15 is 0 Å². The number of thiazole rings is 1. The summed E-state index contributed by atoms with van der Waals surface area (Å²) in [6.07, 6.45) is 2.71. The zero-order valence-electron chi connectivity index (χ0n) is 9.91. The third kappa shape index (κ3) is 2.28. The van der Waals surface area contributed by atoms with Crippen LogP contribution in [-0.4, -0.2) is 4.98 Å². The van der Waals surface area contributed by atoms with Gasteiger partial charge >= 0.3 is 0 Å². The summed E-state index contributed by atoms with van der Waals surface area (Å²) in [6.45, 7) is 0. The number of hydrogen-bond acceptors (Lipinski definition) is 3. The molecule has 0 aliphatic rings. The normalized spacial score (nSPS) is 12.7. The van der Waals surface area contributed by atoms with Gasteiger partial charge in [0.2, 0.25) is 0 Å². The van der Waals surface area contributed by atoms with Crippen molar-refractivity contribution in [3.05, 3.63) is 64.6 Å². The van der Waals surface area contributed by atoms with Gasteiger partial charge in [0.15, 0.2) is 0 Å². The molecule has 0 saturated heterocycles. The summed E-state index contributed by atoms with van der Waals surface area (Å²) in [4.78, 5) is 5.22. The number of rotatable bonds is 3. The van der Waals surface area contributed by atoms with Crippen LogP contribution >= 0.6 is 11.3 Å². The van der Waals surface area contributed by atoms with Gasteiger partial charge in [0.05, 0.1) is 5.51 Å². The second-order valence-corrected chi connectivity index (χ2v) is 5.31. The highest BCUT2D eigenvalue weighted by Gasteiger charge is 2.08. The predicted octanol–water partition coefficient (Wildman–Crippen LogP) is 3.54. The molecule has 3 aromatic rings. The van der Waals surface area contributed by atoms with Crippen LogP contribution in [0, 0.1) is 0 Å². The molecule has 1 aromatic heterocycles. The second-order valence-electron chi connectivity index (χ2n) is 4.40. The van der Waals surface area contributed by atoms with Crippen LogP contribution in [0.2, 0.25) is 0 Å². The molecule has 0 radical (unpaired) electrons. The first-order valence-corrected chi connectivity index (χ1v) is 6.82. The Morgan fingerprint density at radius 1 is 1.11 bits per heavy atom. The van der Waals surface area contributed by atoms with E-state index in [4.69, 9.17) is 5.73 Å². The molecule has 1 atom stereocenters.